The van der Waals surface area contributed by atoms with Crippen LogP contribution in [0.5, 0.6) is 5.75 Å². The van der Waals surface area contributed by atoms with Gasteiger partial charge >= 0.3 is 0 Å². The van der Waals surface area contributed by atoms with Crippen molar-refractivity contribution in [2.45, 2.75) is 52.0 Å². The first-order valence-corrected chi connectivity index (χ1v) is 9.13. The summed E-state index contributed by atoms with van der Waals surface area (Å²) in [4.78, 5) is 13.0. The minimum Gasteiger partial charge on any atom is -0.493 e. The maximum absolute atomic E-state index is 13.0. The second-order valence-electron chi connectivity index (χ2n) is 7.36. The van der Waals surface area contributed by atoms with Crippen molar-refractivity contribution in [1.82, 2.24) is 5.32 Å². The average Bonchev–Trinajstić information content (AvgIpc) is 2.61. The lowest BCUT2D eigenvalue weighted by molar-refractivity contribution is 0.0923. The summed E-state index contributed by atoms with van der Waals surface area (Å²) in [5.41, 5.74) is 4.23. The van der Waals surface area contributed by atoms with Gasteiger partial charge in [0.25, 0.3) is 5.91 Å². The van der Waals surface area contributed by atoms with Crippen LogP contribution in [0.1, 0.15) is 79.0 Å². The van der Waals surface area contributed by atoms with Gasteiger partial charge in [-0.15, -0.1) is 0 Å². The summed E-state index contributed by atoms with van der Waals surface area (Å²) in [6, 6.07) is 14.2. The Morgan fingerprint density at radius 2 is 1.84 bits per heavy atom. The predicted molar refractivity (Wildman–Crippen MR) is 101 cm³/mol. The Morgan fingerprint density at radius 1 is 1.08 bits per heavy atom. The third kappa shape index (κ3) is 3.71. The van der Waals surface area contributed by atoms with Crippen molar-refractivity contribution in [3.8, 4) is 5.75 Å². The molecule has 0 aliphatic carbocycles. The Labute approximate surface area is 150 Å². The highest BCUT2D eigenvalue weighted by Crippen LogP contribution is 2.32. The van der Waals surface area contributed by atoms with Crippen molar-refractivity contribution in [1.29, 1.82) is 0 Å². The fourth-order valence-corrected chi connectivity index (χ4v) is 3.35. The van der Waals surface area contributed by atoms with E-state index in [-0.39, 0.29) is 11.9 Å². The second kappa shape index (κ2) is 7.30. The van der Waals surface area contributed by atoms with E-state index < -0.39 is 0 Å². The Hall–Kier alpha value is -2.29. The van der Waals surface area contributed by atoms with Gasteiger partial charge in [-0.3, -0.25) is 4.79 Å². The van der Waals surface area contributed by atoms with Crippen LogP contribution in [0.15, 0.2) is 42.5 Å². The molecule has 0 radical (unpaired) electrons. The summed E-state index contributed by atoms with van der Waals surface area (Å²) in [5.74, 6) is 1.64. The molecule has 3 heteroatoms. The molecule has 1 N–H and O–H groups in total. The monoisotopic (exact) mass is 337 g/mol. The Kier molecular flexibility index (Phi) is 5.12. The molecule has 132 valence electrons. The highest BCUT2D eigenvalue weighted by Gasteiger charge is 2.24. The second-order valence-corrected chi connectivity index (χ2v) is 7.36. The number of amides is 1. The smallest absolute Gasteiger partial charge is 0.252 e. The van der Waals surface area contributed by atoms with Gasteiger partial charge in [-0.05, 0) is 35.1 Å². The summed E-state index contributed by atoms with van der Waals surface area (Å²) in [6.07, 6.45) is 0.795. The first kappa shape index (κ1) is 17.5. The summed E-state index contributed by atoms with van der Waals surface area (Å²) in [5, 5.41) is 3.22. The Bertz CT molecular complexity index is 764. The van der Waals surface area contributed by atoms with Crippen LogP contribution in [0.25, 0.3) is 0 Å². The standard InChI is InChI=1S/C22H27NO2/c1-14(2)16-9-10-17(19(13-16)15(3)4)22(24)23-20-11-12-25-21-8-6-5-7-18(20)21/h5-10,13-15,20H,11-12H2,1-4H3,(H,23,24)/t20-/m1/s1. The Balaban J connectivity index is 1.87. The average molecular weight is 337 g/mol. The molecule has 0 aromatic heterocycles. The predicted octanol–water partition coefficient (Wildman–Crippen LogP) is 5.19. The highest BCUT2D eigenvalue weighted by molar-refractivity contribution is 5.96. The molecule has 3 nitrogen and oxygen atoms in total. The molecule has 0 fully saturated rings. The van der Waals surface area contributed by atoms with E-state index in [0.717, 1.165) is 28.9 Å². The Morgan fingerprint density at radius 3 is 2.56 bits per heavy atom. The molecule has 1 atom stereocenters. The van der Waals surface area contributed by atoms with Crippen LogP contribution in [0.2, 0.25) is 0 Å². The third-order valence-electron chi connectivity index (χ3n) is 4.87. The van der Waals surface area contributed by atoms with Crippen molar-refractivity contribution < 1.29 is 9.53 Å². The van der Waals surface area contributed by atoms with Gasteiger partial charge in [-0.1, -0.05) is 58.0 Å². The van der Waals surface area contributed by atoms with Gasteiger partial charge in [0.2, 0.25) is 0 Å². The molecule has 0 saturated heterocycles. The van der Waals surface area contributed by atoms with E-state index in [1.165, 1.54) is 5.56 Å². The van der Waals surface area contributed by atoms with Gasteiger partial charge in [0.1, 0.15) is 5.75 Å². The molecule has 0 saturated carbocycles. The molecule has 0 bridgehead atoms. The maximum atomic E-state index is 13.0. The fourth-order valence-electron chi connectivity index (χ4n) is 3.35. The van der Waals surface area contributed by atoms with Crippen molar-refractivity contribution in [3.63, 3.8) is 0 Å². The van der Waals surface area contributed by atoms with E-state index in [4.69, 9.17) is 4.74 Å². The lowest BCUT2D eigenvalue weighted by Crippen LogP contribution is -2.32. The largest absolute Gasteiger partial charge is 0.493 e. The van der Waals surface area contributed by atoms with Gasteiger partial charge in [0, 0.05) is 17.5 Å². The topological polar surface area (TPSA) is 38.3 Å². The molecule has 0 unspecified atom stereocenters. The zero-order valence-corrected chi connectivity index (χ0v) is 15.5. The van der Waals surface area contributed by atoms with Crippen LogP contribution in [0, 0.1) is 0 Å². The molecular weight excluding hydrogens is 310 g/mol. The van der Waals surface area contributed by atoms with Gasteiger partial charge in [0.15, 0.2) is 0 Å². The summed E-state index contributed by atoms with van der Waals surface area (Å²) in [6.45, 7) is 9.27. The number of nitrogens with one attached hydrogen (secondary N) is 1. The zero-order chi connectivity index (χ0) is 18.0. The highest BCUT2D eigenvalue weighted by atomic mass is 16.5. The van der Waals surface area contributed by atoms with Crippen molar-refractivity contribution >= 4 is 5.91 Å². The van der Waals surface area contributed by atoms with E-state index in [0.29, 0.717) is 18.4 Å². The van der Waals surface area contributed by atoms with E-state index in [1.54, 1.807) is 0 Å². The molecule has 2 aromatic carbocycles. The number of benzene rings is 2. The van der Waals surface area contributed by atoms with E-state index >= 15 is 0 Å². The van der Waals surface area contributed by atoms with Crippen molar-refractivity contribution in [2.75, 3.05) is 6.61 Å². The van der Waals surface area contributed by atoms with E-state index in [9.17, 15) is 4.79 Å². The summed E-state index contributed by atoms with van der Waals surface area (Å²) >= 11 is 0. The number of para-hydroxylation sites is 1. The van der Waals surface area contributed by atoms with Crippen LogP contribution in [-0.4, -0.2) is 12.5 Å². The molecule has 2 aromatic rings. The number of carbonyl (C=O) groups is 1. The normalized spacial score (nSPS) is 16.5. The third-order valence-corrected chi connectivity index (χ3v) is 4.87. The number of rotatable bonds is 4. The first-order chi connectivity index (χ1) is 12.0. The molecule has 1 amide bonds. The lowest BCUT2D eigenvalue weighted by atomic mass is 9.91. The number of ether oxygens (including phenoxy) is 1. The molecule has 1 aliphatic rings. The summed E-state index contributed by atoms with van der Waals surface area (Å²) < 4.78 is 5.69. The van der Waals surface area contributed by atoms with Crippen molar-refractivity contribution in [2.24, 2.45) is 0 Å². The fraction of sp³-hybridized carbons (Fsp3) is 0.409. The molecule has 1 heterocycles. The van der Waals surface area contributed by atoms with Crippen LogP contribution < -0.4 is 10.1 Å². The van der Waals surface area contributed by atoms with Gasteiger partial charge in [-0.2, -0.15) is 0 Å². The molecule has 25 heavy (non-hydrogen) atoms. The number of hydrogen-bond acceptors (Lipinski definition) is 2. The van der Waals surface area contributed by atoms with Crippen molar-refractivity contribution in [3.05, 3.63) is 64.7 Å². The van der Waals surface area contributed by atoms with Gasteiger partial charge in [-0.25, -0.2) is 0 Å². The van der Waals surface area contributed by atoms with Crippen LogP contribution >= 0.6 is 0 Å². The number of carbonyl (C=O) groups excluding carboxylic acids is 1. The first-order valence-electron chi connectivity index (χ1n) is 9.13. The minimum atomic E-state index is 0.000657. The minimum absolute atomic E-state index is 0.000657. The van der Waals surface area contributed by atoms with E-state index in [2.05, 4.69) is 45.1 Å². The van der Waals surface area contributed by atoms with Gasteiger partial charge in [0.05, 0.1) is 12.6 Å². The van der Waals surface area contributed by atoms with Crippen LogP contribution in [0.3, 0.4) is 0 Å². The van der Waals surface area contributed by atoms with Gasteiger partial charge < -0.3 is 10.1 Å². The number of hydrogen-bond donors (Lipinski definition) is 1. The van der Waals surface area contributed by atoms with E-state index in [1.807, 2.05) is 30.3 Å². The quantitative estimate of drug-likeness (QED) is 0.834. The zero-order valence-electron chi connectivity index (χ0n) is 15.5. The lowest BCUT2D eigenvalue weighted by Gasteiger charge is -2.27. The van der Waals surface area contributed by atoms with Crippen LogP contribution in [-0.2, 0) is 0 Å². The summed E-state index contributed by atoms with van der Waals surface area (Å²) in [7, 11) is 0. The molecule has 1 aliphatic heterocycles. The molecule has 0 spiro atoms. The maximum Gasteiger partial charge on any atom is 0.252 e. The number of fused-ring (bicyclic) bond motifs is 1. The molecule has 3 rings (SSSR count). The SMILES string of the molecule is CC(C)c1ccc(C(=O)N[C@@H]2CCOc3ccccc32)c(C(C)C)c1. The molecular formula is C22H27NO2. The van der Waals surface area contributed by atoms with Crippen LogP contribution in [0.4, 0.5) is 0 Å².